The second kappa shape index (κ2) is 13.9. The Hall–Kier alpha value is -4.25. The first-order valence-electron chi connectivity index (χ1n) is 13.5. The summed E-state index contributed by atoms with van der Waals surface area (Å²) in [6.45, 7) is 6.93. The largest absolute Gasteiger partial charge is 0.352 e. The molecule has 0 fully saturated rings. The predicted octanol–water partition coefficient (Wildman–Crippen LogP) is 4.82. The number of nitrogens with one attached hydrogen (secondary N) is 1. The highest BCUT2D eigenvalue weighted by molar-refractivity contribution is 7.92. The van der Waals surface area contributed by atoms with E-state index in [1.807, 2.05) is 45.0 Å². The lowest BCUT2D eigenvalue weighted by Crippen LogP contribution is -2.53. The third kappa shape index (κ3) is 7.91. The number of benzene rings is 3. The molecule has 0 heterocycles. The Morgan fingerprint density at radius 2 is 1.61 bits per heavy atom. The Morgan fingerprint density at radius 3 is 2.20 bits per heavy atom. The van der Waals surface area contributed by atoms with E-state index in [1.54, 1.807) is 25.1 Å². The molecule has 3 rings (SSSR count). The Balaban J connectivity index is 2.08. The zero-order chi connectivity index (χ0) is 30.2. The topological polar surface area (TPSA) is 130 Å². The Morgan fingerprint density at radius 1 is 0.951 bits per heavy atom. The van der Waals surface area contributed by atoms with Crippen LogP contribution in [0.25, 0.3) is 0 Å². The van der Waals surface area contributed by atoms with E-state index < -0.39 is 33.4 Å². The molecule has 0 spiro atoms. The molecule has 0 saturated carbocycles. The van der Waals surface area contributed by atoms with Crippen LogP contribution in [0.4, 0.5) is 11.4 Å². The van der Waals surface area contributed by atoms with Gasteiger partial charge in [-0.1, -0.05) is 67.9 Å². The predicted molar refractivity (Wildman–Crippen MR) is 158 cm³/mol. The van der Waals surface area contributed by atoms with Gasteiger partial charge in [0.25, 0.3) is 15.7 Å². The molecule has 2 atom stereocenters. The second-order valence-corrected chi connectivity index (χ2v) is 11.7. The molecule has 3 aromatic carbocycles. The van der Waals surface area contributed by atoms with Crippen LogP contribution in [0.3, 0.4) is 0 Å². The number of non-ortho nitro benzene ring substituents is 1. The van der Waals surface area contributed by atoms with Crippen LogP contribution in [-0.2, 0) is 26.2 Å². The maximum Gasteiger partial charge on any atom is 0.271 e. The molecule has 0 saturated heterocycles. The van der Waals surface area contributed by atoms with Gasteiger partial charge < -0.3 is 10.2 Å². The van der Waals surface area contributed by atoms with Crippen molar-refractivity contribution in [1.29, 1.82) is 0 Å². The number of carbonyl (C=O) groups excluding carboxylic acids is 2. The molecule has 3 aromatic rings. The summed E-state index contributed by atoms with van der Waals surface area (Å²) in [4.78, 5) is 39.5. The van der Waals surface area contributed by atoms with Crippen LogP contribution in [0.15, 0.2) is 83.8 Å². The molecule has 0 aliphatic rings. The number of hydrogen-bond donors (Lipinski definition) is 1. The summed E-state index contributed by atoms with van der Waals surface area (Å²) >= 11 is 0. The molecule has 0 aliphatic carbocycles. The van der Waals surface area contributed by atoms with Gasteiger partial charge in [0.2, 0.25) is 11.8 Å². The van der Waals surface area contributed by atoms with Gasteiger partial charge >= 0.3 is 0 Å². The molecule has 0 aliphatic heterocycles. The van der Waals surface area contributed by atoms with Crippen molar-refractivity contribution < 1.29 is 22.9 Å². The number of rotatable bonds is 13. The summed E-state index contributed by atoms with van der Waals surface area (Å²) in [7, 11) is -4.32. The number of anilines is 1. The molecule has 0 radical (unpaired) electrons. The van der Waals surface area contributed by atoms with Gasteiger partial charge in [0.15, 0.2) is 0 Å². The van der Waals surface area contributed by atoms with Gasteiger partial charge in [0.1, 0.15) is 12.6 Å². The molecule has 11 heteroatoms. The third-order valence-electron chi connectivity index (χ3n) is 6.80. The highest BCUT2D eigenvalue weighted by Crippen LogP contribution is 2.28. The summed E-state index contributed by atoms with van der Waals surface area (Å²) in [5.41, 5.74) is 1.44. The lowest BCUT2D eigenvalue weighted by atomic mass is 10.1. The van der Waals surface area contributed by atoms with Crippen LogP contribution >= 0.6 is 0 Å². The first kappa shape index (κ1) is 31.3. The summed E-state index contributed by atoms with van der Waals surface area (Å²) in [6, 6.07) is 19.2. The van der Waals surface area contributed by atoms with Gasteiger partial charge in [-0.15, -0.1) is 0 Å². The van der Waals surface area contributed by atoms with Crippen molar-refractivity contribution >= 4 is 33.2 Å². The van der Waals surface area contributed by atoms with Crippen molar-refractivity contribution in [2.24, 2.45) is 0 Å². The quantitative estimate of drug-likeness (QED) is 0.228. The highest BCUT2D eigenvalue weighted by Gasteiger charge is 2.34. The van der Waals surface area contributed by atoms with E-state index >= 15 is 0 Å². The SMILES string of the molecule is CC[C@@H](C)NC(=O)[C@@H](CC)N(Cc1ccc(C)cc1)C(=O)CN(c1cccc([N+](=O)[O-])c1)S(=O)(=O)c1ccccc1. The Kier molecular flexibility index (Phi) is 10.6. The molecule has 2 amide bonds. The van der Waals surface area contributed by atoms with E-state index in [0.717, 1.165) is 21.5 Å². The van der Waals surface area contributed by atoms with E-state index in [9.17, 15) is 28.1 Å². The van der Waals surface area contributed by atoms with Crippen LogP contribution in [-0.4, -0.2) is 48.7 Å². The van der Waals surface area contributed by atoms with Crippen molar-refractivity contribution in [3.05, 3.63) is 100 Å². The molecular weight excluding hydrogens is 544 g/mol. The Bertz CT molecular complexity index is 1460. The average molecular weight is 581 g/mol. The molecule has 0 aromatic heterocycles. The van der Waals surface area contributed by atoms with E-state index in [4.69, 9.17) is 0 Å². The lowest BCUT2D eigenvalue weighted by Gasteiger charge is -2.33. The first-order valence-corrected chi connectivity index (χ1v) is 14.9. The smallest absolute Gasteiger partial charge is 0.271 e. The van der Waals surface area contributed by atoms with Crippen molar-refractivity contribution in [2.45, 2.75) is 64.1 Å². The maximum atomic E-state index is 14.1. The standard InChI is InChI=1S/C30H36N4O6S/c1-5-23(4)31-30(36)28(6-2)32(20-24-17-15-22(3)16-18-24)29(35)21-33(25-11-10-12-26(19-25)34(37)38)41(39,40)27-13-8-7-9-14-27/h7-19,23,28H,5-6,20-21H2,1-4H3,(H,31,36)/t23-,28-/m1/s1. The minimum atomic E-state index is -4.32. The van der Waals surface area contributed by atoms with E-state index in [1.165, 1.54) is 35.2 Å². The first-order chi connectivity index (χ1) is 19.5. The molecule has 1 N–H and O–H groups in total. The van der Waals surface area contributed by atoms with Crippen molar-refractivity contribution in [2.75, 3.05) is 10.8 Å². The minimum Gasteiger partial charge on any atom is -0.352 e. The number of sulfonamides is 1. The van der Waals surface area contributed by atoms with Gasteiger partial charge in [-0.3, -0.25) is 24.0 Å². The monoisotopic (exact) mass is 580 g/mol. The third-order valence-corrected chi connectivity index (χ3v) is 8.59. The summed E-state index contributed by atoms with van der Waals surface area (Å²) in [5, 5.41) is 14.4. The maximum absolute atomic E-state index is 14.1. The molecule has 218 valence electrons. The lowest BCUT2D eigenvalue weighted by molar-refractivity contribution is -0.384. The Labute approximate surface area is 241 Å². The minimum absolute atomic E-state index is 0.0382. The fourth-order valence-corrected chi connectivity index (χ4v) is 5.69. The highest BCUT2D eigenvalue weighted by atomic mass is 32.2. The molecule has 41 heavy (non-hydrogen) atoms. The van der Waals surface area contributed by atoms with Gasteiger partial charge in [0, 0.05) is 24.7 Å². The molecule has 10 nitrogen and oxygen atoms in total. The van der Waals surface area contributed by atoms with Crippen molar-refractivity contribution in [1.82, 2.24) is 10.2 Å². The van der Waals surface area contributed by atoms with E-state index in [2.05, 4.69) is 5.32 Å². The van der Waals surface area contributed by atoms with Gasteiger partial charge in [-0.05, 0) is 50.5 Å². The van der Waals surface area contributed by atoms with E-state index in [0.29, 0.717) is 12.8 Å². The number of aryl methyl sites for hydroxylation is 1. The number of amides is 2. The normalized spacial score (nSPS) is 12.7. The summed E-state index contributed by atoms with van der Waals surface area (Å²) in [6.07, 6.45) is 0.992. The zero-order valence-corrected chi connectivity index (χ0v) is 24.5. The molecule has 0 bridgehead atoms. The second-order valence-electron chi connectivity index (χ2n) is 9.85. The number of hydrogen-bond acceptors (Lipinski definition) is 6. The summed E-state index contributed by atoms with van der Waals surface area (Å²) in [5.74, 6) is -0.960. The van der Waals surface area contributed by atoms with Crippen molar-refractivity contribution in [3.63, 3.8) is 0 Å². The van der Waals surface area contributed by atoms with Crippen LogP contribution < -0.4 is 9.62 Å². The van der Waals surface area contributed by atoms with Crippen LogP contribution in [0.2, 0.25) is 0 Å². The van der Waals surface area contributed by atoms with Gasteiger partial charge in [0.05, 0.1) is 15.5 Å². The average Bonchev–Trinajstić information content (AvgIpc) is 2.97. The zero-order valence-electron chi connectivity index (χ0n) is 23.7. The number of carbonyl (C=O) groups is 2. The summed E-state index contributed by atoms with van der Waals surface area (Å²) < 4.78 is 28.5. The number of nitro groups is 1. The van der Waals surface area contributed by atoms with Crippen LogP contribution in [0.1, 0.15) is 44.7 Å². The van der Waals surface area contributed by atoms with Gasteiger partial charge in [-0.2, -0.15) is 0 Å². The molecular formula is C30H36N4O6S. The fraction of sp³-hybridized carbons (Fsp3) is 0.333. The number of nitro benzene ring substituents is 1. The van der Waals surface area contributed by atoms with Crippen LogP contribution in [0, 0.1) is 17.0 Å². The fourth-order valence-electron chi connectivity index (χ4n) is 4.26. The molecule has 0 unspecified atom stereocenters. The number of nitrogens with zero attached hydrogens (tertiary/aromatic N) is 3. The van der Waals surface area contributed by atoms with Gasteiger partial charge in [-0.25, -0.2) is 8.42 Å². The van der Waals surface area contributed by atoms with Crippen LogP contribution in [0.5, 0.6) is 0 Å². The van der Waals surface area contributed by atoms with Crippen molar-refractivity contribution in [3.8, 4) is 0 Å². The van der Waals surface area contributed by atoms with E-state index in [-0.39, 0.29) is 34.8 Å².